The molecule has 0 aliphatic carbocycles. The summed E-state index contributed by atoms with van der Waals surface area (Å²) in [6.07, 6.45) is 0.908. The molecular weight excluding hydrogens is 188 g/mol. The van der Waals surface area contributed by atoms with Gasteiger partial charge in [-0.1, -0.05) is 18.2 Å². The van der Waals surface area contributed by atoms with Crippen LogP contribution in [0.1, 0.15) is 16.1 Å². The third-order valence-electron chi connectivity index (χ3n) is 2.22. The predicted octanol–water partition coefficient (Wildman–Crippen LogP) is 2.11. The summed E-state index contributed by atoms with van der Waals surface area (Å²) in [5, 5.41) is 9.57. The minimum atomic E-state index is 0.214. The Morgan fingerprint density at radius 3 is 2.93 bits per heavy atom. The third-order valence-corrected chi connectivity index (χ3v) is 2.22. The standard InChI is InChI=1S/C12H8N2O/c13-6-5-10-7-9-3-1-2-4-11(9)14-12(10)8-15/h1-4,7-8H,5H2. The van der Waals surface area contributed by atoms with Crippen LogP contribution in [0, 0.1) is 11.3 Å². The van der Waals surface area contributed by atoms with Crippen molar-refractivity contribution < 1.29 is 4.79 Å². The molecule has 0 saturated carbocycles. The Kier molecular flexibility index (Phi) is 2.42. The van der Waals surface area contributed by atoms with E-state index in [9.17, 15) is 4.79 Å². The van der Waals surface area contributed by atoms with Gasteiger partial charge in [-0.15, -0.1) is 0 Å². The highest BCUT2D eigenvalue weighted by molar-refractivity contribution is 5.85. The van der Waals surface area contributed by atoms with E-state index in [0.717, 1.165) is 10.9 Å². The molecule has 0 N–H and O–H groups in total. The van der Waals surface area contributed by atoms with Crippen molar-refractivity contribution in [2.24, 2.45) is 0 Å². The minimum absolute atomic E-state index is 0.214. The molecule has 1 aromatic carbocycles. The maximum absolute atomic E-state index is 10.8. The van der Waals surface area contributed by atoms with Crippen LogP contribution < -0.4 is 0 Å². The quantitative estimate of drug-likeness (QED) is 0.691. The molecule has 1 heterocycles. The summed E-state index contributed by atoms with van der Waals surface area (Å²) in [5.41, 5.74) is 1.82. The van der Waals surface area contributed by atoms with Crippen molar-refractivity contribution >= 4 is 17.2 Å². The number of aldehydes is 1. The Hall–Kier alpha value is -2.21. The van der Waals surface area contributed by atoms with Gasteiger partial charge >= 0.3 is 0 Å². The highest BCUT2D eigenvalue weighted by atomic mass is 16.1. The average Bonchev–Trinajstić information content (AvgIpc) is 2.28. The van der Waals surface area contributed by atoms with Crippen molar-refractivity contribution in [1.82, 2.24) is 4.98 Å². The summed E-state index contributed by atoms with van der Waals surface area (Å²) in [4.78, 5) is 15.0. The van der Waals surface area contributed by atoms with Crippen LogP contribution in [0.4, 0.5) is 0 Å². The highest BCUT2D eigenvalue weighted by Crippen LogP contribution is 2.15. The fourth-order valence-electron chi connectivity index (χ4n) is 1.50. The lowest BCUT2D eigenvalue weighted by Gasteiger charge is -2.02. The molecule has 0 unspecified atom stereocenters. The average molecular weight is 196 g/mol. The molecule has 3 nitrogen and oxygen atoms in total. The van der Waals surface area contributed by atoms with E-state index < -0.39 is 0 Å². The number of nitriles is 1. The number of rotatable bonds is 2. The van der Waals surface area contributed by atoms with E-state index in [0.29, 0.717) is 17.5 Å². The molecular formula is C12H8N2O. The Morgan fingerprint density at radius 1 is 1.40 bits per heavy atom. The molecule has 1 aromatic heterocycles. The van der Waals surface area contributed by atoms with Gasteiger partial charge in [0.2, 0.25) is 0 Å². The van der Waals surface area contributed by atoms with Crippen molar-refractivity contribution in [3.05, 3.63) is 41.6 Å². The van der Waals surface area contributed by atoms with Gasteiger partial charge in [0.1, 0.15) is 5.69 Å². The van der Waals surface area contributed by atoms with Crippen LogP contribution in [0.2, 0.25) is 0 Å². The molecule has 0 fully saturated rings. The summed E-state index contributed by atoms with van der Waals surface area (Å²) in [6.45, 7) is 0. The monoisotopic (exact) mass is 196 g/mol. The van der Waals surface area contributed by atoms with E-state index in [-0.39, 0.29) is 6.42 Å². The van der Waals surface area contributed by atoms with Gasteiger partial charge in [-0.25, -0.2) is 4.98 Å². The van der Waals surface area contributed by atoms with Gasteiger partial charge in [-0.3, -0.25) is 4.79 Å². The van der Waals surface area contributed by atoms with Gasteiger partial charge in [0.25, 0.3) is 0 Å². The molecule has 0 saturated heterocycles. The maximum Gasteiger partial charge on any atom is 0.168 e. The molecule has 0 spiro atoms. The van der Waals surface area contributed by atoms with Gasteiger partial charge in [-0.05, 0) is 17.7 Å². The molecule has 0 aliphatic rings. The summed E-state index contributed by atoms with van der Waals surface area (Å²) in [6, 6.07) is 11.4. The van der Waals surface area contributed by atoms with Crippen molar-refractivity contribution in [3.63, 3.8) is 0 Å². The van der Waals surface area contributed by atoms with E-state index in [1.54, 1.807) is 0 Å². The number of nitrogens with zero attached hydrogens (tertiary/aromatic N) is 2. The first-order valence-corrected chi connectivity index (χ1v) is 4.56. The number of aromatic nitrogens is 1. The molecule has 0 radical (unpaired) electrons. The normalized spacial score (nSPS) is 9.80. The lowest BCUT2D eigenvalue weighted by Crippen LogP contribution is -1.96. The Balaban J connectivity index is 2.70. The topological polar surface area (TPSA) is 53.8 Å². The second kappa shape index (κ2) is 3.89. The van der Waals surface area contributed by atoms with E-state index >= 15 is 0 Å². The largest absolute Gasteiger partial charge is 0.296 e. The summed E-state index contributed by atoms with van der Waals surface area (Å²) >= 11 is 0. The fourth-order valence-corrected chi connectivity index (χ4v) is 1.50. The minimum Gasteiger partial charge on any atom is -0.296 e. The summed E-state index contributed by atoms with van der Waals surface area (Å²) in [7, 11) is 0. The van der Waals surface area contributed by atoms with E-state index in [1.165, 1.54) is 0 Å². The molecule has 2 rings (SSSR count). The van der Waals surface area contributed by atoms with Crippen molar-refractivity contribution in [2.75, 3.05) is 0 Å². The molecule has 15 heavy (non-hydrogen) atoms. The van der Waals surface area contributed by atoms with Crippen molar-refractivity contribution in [2.45, 2.75) is 6.42 Å². The number of pyridine rings is 1. The van der Waals surface area contributed by atoms with Crippen LogP contribution >= 0.6 is 0 Å². The van der Waals surface area contributed by atoms with Crippen molar-refractivity contribution in [3.8, 4) is 6.07 Å². The third kappa shape index (κ3) is 1.70. The number of carbonyl (C=O) groups is 1. The molecule has 0 amide bonds. The smallest absolute Gasteiger partial charge is 0.168 e. The van der Waals surface area contributed by atoms with Crippen LogP contribution in [0.15, 0.2) is 30.3 Å². The summed E-state index contributed by atoms with van der Waals surface area (Å²) in [5.74, 6) is 0. The molecule has 0 bridgehead atoms. The number of hydrogen-bond acceptors (Lipinski definition) is 3. The van der Waals surface area contributed by atoms with Gasteiger partial charge in [0.15, 0.2) is 6.29 Å². The van der Waals surface area contributed by atoms with Crippen LogP contribution in [-0.2, 0) is 6.42 Å². The molecule has 0 aliphatic heterocycles. The molecule has 0 atom stereocenters. The van der Waals surface area contributed by atoms with Crippen LogP contribution in [0.5, 0.6) is 0 Å². The zero-order valence-corrected chi connectivity index (χ0v) is 7.97. The first-order valence-electron chi connectivity index (χ1n) is 4.56. The zero-order chi connectivity index (χ0) is 10.7. The summed E-state index contributed by atoms with van der Waals surface area (Å²) < 4.78 is 0. The number of para-hydroxylation sites is 1. The van der Waals surface area contributed by atoms with Crippen LogP contribution in [0.3, 0.4) is 0 Å². The molecule has 3 heteroatoms. The van der Waals surface area contributed by atoms with E-state index in [1.807, 2.05) is 36.4 Å². The first-order chi connectivity index (χ1) is 7.35. The Morgan fingerprint density at radius 2 is 2.20 bits per heavy atom. The number of fused-ring (bicyclic) bond motifs is 1. The van der Waals surface area contributed by atoms with Gasteiger partial charge in [0, 0.05) is 5.39 Å². The second-order valence-corrected chi connectivity index (χ2v) is 3.18. The Labute approximate surface area is 87.0 Å². The molecule has 2 aromatic rings. The maximum atomic E-state index is 10.8. The zero-order valence-electron chi connectivity index (χ0n) is 7.97. The lowest BCUT2D eigenvalue weighted by atomic mass is 10.1. The fraction of sp³-hybridized carbons (Fsp3) is 0.0833. The Bertz CT molecular complexity index is 555. The highest BCUT2D eigenvalue weighted by Gasteiger charge is 2.04. The van der Waals surface area contributed by atoms with Gasteiger partial charge in [-0.2, -0.15) is 5.26 Å². The van der Waals surface area contributed by atoms with E-state index in [2.05, 4.69) is 4.98 Å². The van der Waals surface area contributed by atoms with E-state index in [4.69, 9.17) is 5.26 Å². The van der Waals surface area contributed by atoms with Gasteiger partial charge < -0.3 is 0 Å². The predicted molar refractivity (Wildman–Crippen MR) is 56.4 cm³/mol. The first kappa shape index (κ1) is 9.35. The van der Waals surface area contributed by atoms with Crippen LogP contribution in [0.25, 0.3) is 10.9 Å². The SMILES string of the molecule is N#CCc1cc2ccccc2nc1C=O. The number of carbonyl (C=O) groups excluding carboxylic acids is 1. The number of hydrogen-bond donors (Lipinski definition) is 0. The molecule has 72 valence electrons. The number of benzene rings is 1. The van der Waals surface area contributed by atoms with Crippen LogP contribution in [-0.4, -0.2) is 11.3 Å². The lowest BCUT2D eigenvalue weighted by molar-refractivity contribution is 0.111. The van der Waals surface area contributed by atoms with Gasteiger partial charge in [0.05, 0.1) is 18.0 Å². The second-order valence-electron chi connectivity index (χ2n) is 3.18. The van der Waals surface area contributed by atoms with Crippen molar-refractivity contribution in [1.29, 1.82) is 5.26 Å².